The summed E-state index contributed by atoms with van der Waals surface area (Å²) in [6.07, 6.45) is -1.47. The van der Waals surface area contributed by atoms with Gasteiger partial charge in [0, 0.05) is 17.9 Å². The number of aliphatic hydroxyl groups excluding tert-OH is 2. The number of primary amides is 1. The fourth-order valence-electron chi connectivity index (χ4n) is 5.92. The molecule has 1 saturated carbocycles. The van der Waals surface area contributed by atoms with Crippen molar-refractivity contribution in [3.63, 3.8) is 0 Å². The first-order valence-corrected chi connectivity index (χ1v) is 11.5. The predicted molar refractivity (Wildman–Crippen MR) is 125 cm³/mol. The topological polar surface area (TPSA) is 188 Å². The molecule has 1 aromatic carbocycles. The lowest BCUT2D eigenvalue weighted by molar-refractivity contribution is -0.185. The number of hydrogen-bond acceptors (Lipinski definition) is 10. The molecule has 4 rings (SSSR count). The van der Waals surface area contributed by atoms with E-state index in [0.717, 1.165) is 0 Å². The average Bonchev–Trinajstić information content (AvgIpc) is 2.80. The van der Waals surface area contributed by atoms with Gasteiger partial charge in [-0.05, 0) is 31.6 Å². The molecule has 192 valence electrons. The van der Waals surface area contributed by atoms with E-state index in [1.54, 1.807) is 19.1 Å². The van der Waals surface area contributed by atoms with Crippen LogP contribution in [0.1, 0.15) is 37.3 Å². The van der Waals surface area contributed by atoms with Gasteiger partial charge >= 0.3 is 5.97 Å². The van der Waals surface area contributed by atoms with Gasteiger partial charge < -0.3 is 30.9 Å². The molecule has 0 saturated heterocycles. The van der Waals surface area contributed by atoms with E-state index < -0.39 is 81.6 Å². The third-order valence-electron chi connectivity index (χ3n) is 7.52. The fourth-order valence-corrected chi connectivity index (χ4v) is 5.92. The standard InChI is InChI=1S/C25H28N2O9/c1-5-12(29)36-21-13-9(2)10-7-6-8-11(28)14(10)19(30)15(13)22(32)25(35)17(21)18(27(3)4)20(31)16(23(25)33)24(26)34/h6-9,13,17-18,21,28,30,33,35H,5H2,1-4H3,(H2,26,34)/t9-,13+,17+,18+,21-,25-/m1/s1. The van der Waals surface area contributed by atoms with E-state index in [-0.39, 0.29) is 17.7 Å². The molecule has 36 heavy (non-hydrogen) atoms. The predicted octanol–water partition coefficient (Wildman–Crippen LogP) is 0.457. The van der Waals surface area contributed by atoms with Gasteiger partial charge in [-0.1, -0.05) is 26.0 Å². The second-order valence-electron chi connectivity index (χ2n) is 9.61. The molecule has 1 amide bonds. The number of rotatable bonds is 4. The molecule has 0 radical (unpaired) electrons. The number of nitrogens with zero attached hydrogens (tertiary/aromatic N) is 1. The molecule has 0 bridgehead atoms. The highest BCUT2D eigenvalue weighted by atomic mass is 16.5. The van der Waals surface area contributed by atoms with Crippen molar-refractivity contribution in [1.29, 1.82) is 0 Å². The Balaban J connectivity index is 2.11. The minimum atomic E-state index is -2.94. The summed E-state index contributed by atoms with van der Waals surface area (Å²) in [5.74, 6) is -9.67. The van der Waals surface area contributed by atoms with Crippen molar-refractivity contribution in [2.24, 2.45) is 17.6 Å². The molecule has 1 fully saturated rings. The van der Waals surface area contributed by atoms with Crippen LogP contribution in [0, 0.1) is 11.8 Å². The Labute approximate surface area is 206 Å². The largest absolute Gasteiger partial charge is 0.508 e. The Morgan fingerprint density at radius 3 is 2.36 bits per heavy atom. The number of benzene rings is 1. The number of carbonyl (C=O) groups is 4. The number of phenols is 1. The van der Waals surface area contributed by atoms with Gasteiger partial charge in [-0.15, -0.1) is 0 Å². The maximum absolute atomic E-state index is 14.0. The monoisotopic (exact) mass is 500 g/mol. The molecule has 3 aliphatic rings. The molecule has 11 heteroatoms. The van der Waals surface area contributed by atoms with Gasteiger partial charge in [-0.25, -0.2) is 0 Å². The van der Waals surface area contributed by atoms with Gasteiger partial charge in [0.15, 0.2) is 11.4 Å². The van der Waals surface area contributed by atoms with Crippen LogP contribution in [0.5, 0.6) is 5.75 Å². The van der Waals surface area contributed by atoms with Gasteiger partial charge in [0.25, 0.3) is 5.91 Å². The van der Waals surface area contributed by atoms with Crippen molar-refractivity contribution in [3.8, 4) is 5.75 Å². The second kappa shape index (κ2) is 8.45. The summed E-state index contributed by atoms with van der Waals surface area (Å²) in [6.45, 7) is 3.23. The van der Waals surface area contributed by atoms with Crippen molar-refractivity contribution < 1.29 is 44.3 Å². The molecular formula is C25H28N2O9. The quantitative estimate of drug-likeness (QED) is 0.287. The second-order valence-corrected chi connectivity index (χ2v) is 9.61. The Morgan fingerprint density at radius 1 is 1.17 bits per heavy atom. The smallest absolute Gasteiger partial charge is 0.305 e. The summed E-state index contributed by atoms with van der Waals surface area (Å²) in [7, 11) is 2.93. The lowest BCUT2D eigenvalue weighted by Gasteiger charge is -2.54. The lowest BCUT2D eigenvalue weighted by Crippen LogP contribution is -2.71. The third kappa shape index (κ3) is 3.19. The fraction of sp³-hybridized carbons (Fsp3) is 0.440. The van der Waals surface area contributed by atoms with Gasteiger partial charge in [0.1, 0.15) is 28.9 Å². The number of hydrogen-bond donors (Lipinski definition) is 5. The van der Waals surface area contributed by atoms with Crippen molar-refractivity contribution in [2.45, 2.75) is 43.9 Å². The minimum absolute atomic E-state index is 0.0399. The number of likely N-dealkylation sites (N-methyl/N-ethyl adjacent to an activating group) is 1. The zero-order valence-corrected chi connectivity index (χ0v) is 20.2. The number of phenolic OH excluding ortho intramolecular Hbond substituents is 1. The van der Waals surface area contributed by atoms with Crippen LogP contribution < -0.4 is 5.73 Å². The van der Waals surface area contributed by atoms with Crippen LogP contribution in [0.15, 0.2) is 35.1 Å². The Hall–Kier alpha value is -3.70. The van der Waals surface area contributed by atoms with Crippen molar-refractivity contribution in [2.75, 3.05) is 14.1 Å². The van der Waals surface area contributed by atoms with Gasteiger partial charge in [-0.3, -0.25) is 24.1 Å². The van der Waals surface area contributed by atoms with E-state index in [1.807, 2.05) is 0 Å². The Morgan fingerprint density at radius 2 is 1.81 bits per heavy atom. The molecule has 0 heterocycles. The lowest BCUT2D eigenvalue weighted by atomic mass is 9.54. The number of amides is 1. The highest BCUT2D eigenvalue weighted by Crippen LogP contribution is 2.56. The van der Waals surface area contributed by atoms with E-state index in [0.29, 0.717) is 5.56 Å². The molecule has 0 aliphatic heterocycles. The summed E-state index contributed by atoms with van der Waals surface area (Å²) in [5.41, 5.74) is 1.47. The number of esters is 1. The third-order valence-corrected chi connectivity index (χ3v) is 7.52. The highest BCUT2D eigenvalue weighted by molar-refractivity contribution is 6.24. The maximum Gasteiger partial charge on any atom is 0.305 e. The van der Waals surface area contributed by atoms with Gasteiger partial charge in [0.05, 0.1) is 17.5 Å². The zero-order chi connectivity index (χ0) is 26.9. The van der Waals surface area contributed by atoms with Crippen molar-refractivity contribution in [3.05, 3.63) is 46.2 Å². The van der Waals surface area contributed by atoms with E-state index in [9.17, 15) is 39.6 Å². The van der Waals surface area contributed by atoms with Crippen LogP contribution in [0.25, 0.3) is 5.76 Å². The van der Waals surface area contributed by atoms with Crippen LogP contribution in [0.2, 0.25) is 0 Å². The number of carbonyl (C=O) groups excluding carboxylic acids is 4. The Kier molecular flexibility index (Phi) is 5.96. The molecule has 0 unspecified atom stereocenters. The molecular weight excluding hydrogens is 472 g/mol. The molecule has 11 nitrogen and oxygen atoms in total. The van der Waals surface area contributed by atoms with Crippen LogP contribution >= 0.6 is 0 Å². The van der Waals surface area contributed by atoms with Gasteiger partial charge in [-0.2, -0.15) is 0 Å². The molecule has 0 spiro atoms. The van der Waals surface area contributed by atoms with Crippen molar-refractivity contribution in [1.82, 2.24) is 4.90 Å². The molecule has 6 N–H and O–H groups in total. The SMILES string of the molecule is CCC(=O)O[C@@H]1[C@@H]2C(=C(O)c3c(O)cccc3[C@H]2C)C(=O)[C@@]2(O)C(O)=C(C(N)=O)C(=O)[C@@H](N(C)C)[C@@H]12. The minimum Gasteiger partial charge on any atom is -0.508 e. The number of aliphatic hydroxyl groups is 3. The number of Topliss-reactive ketones (excluding diaryl/α,β-unsaturated/α-hetero) is 2. The molecule has 3 aliphatic carbocycles. The number of ketones is 2. The molecule has 6 atom stereocenters. The van der Waals surface area contributed by atoms with Crippen LogP contribution in [-0.4, -0.2) is 80.6 Å². The Bertz CT molecular complexity index is 1260. The maximum atomic E-state index is 14.0. The zero-order valence-electron chi connectivity index (χ0n) is 20.2. The van der Waals surface area contributed by atoms with Crippen LogP contribution in [0.3, 0.4) is 0 Å². The summed E-state index contributed by atoms with van der Waals surface area (Å²) < 4.78 is 5.74. The normalized spacial score (nSPS) is 31.7. The molecule has 1 aromatic rings. The van der Waals surface area contributed by atoms with Crippen LogP contribution in [-0.2, 0) is 23.9 Å². The first-order chi connectivity index (χ1) is 16.8. The van der Waals surface area contributed by atoms with E-state index >= 15 is 0 Å². The first kappa shape index (κ1) is 25.4. The average molecular weight is 501 g/mol. The number of fused-ring (bicyclic) bond motifs is 3. The van der Waals surface area contributed by atoms with E-state index in [1.165, 1.54) is 32.0 Å². The van der Waals surface area contributed by atoms with E-state index in [2.05, 4.69) is 0 Å². The summed E-state index contributed by atoms with van der Waals surface area (Å²) in [4.78, 5) is 53.4. The summed E-state index contributed by atoms with van der Waals surface area (Å²) in [6, 6.07) is 3.10. The number of nitrogens with two attached hydrogens (primary N) is 1. The summed E-state index contributed by atoms with van der Waals surface area (Å²) in [5, 5.41) is 44.5. The molecule has 0 aromatic heterocycles. The number of aromatic hydroxyl groups is 1. The van der Waals surface area contributed by atoms with Gasteiger partial charge in [0.2, 0.25) is 5.78 Å². The number of ether oxygens (including phenoxy) is 1. The first-order valence-electron chi connectivity index (χ1n) is 11.5. The summed E-state index contributed by atoms with van der Waals surface area (Å²) >= 11 is 0. The van der Waals surface area contributed by atoms with Crippen molar-refractivity contribution >= 4 is 29.2 Å². The highest BCUT2D eigenvalue weighted by Gasteiger charge is 2.69. The van der Waals surface area contributed by atoms with Crippen LogP contribution in [0.4, 0.5) is 0 Å². The van der Waals surface area contributed by atoms with E-state index in [4.69, 9.17) is 10.5 Å².